The van der Waals surface area contributed by atoms with Crippen LogP contribution in [0.2, 0.25) is 0 Å². The van der Waals surface area contributed by atoms with Crippen LogP contribution in [0.1, 0.15) is 50.3 Å². The molecule has 0 aromatic heterocycles. The molecule has 150 valence electrons. The Morgan fingerprint density at radius 2 is 1.89 bits per heavy atom. The second kappa shape index (κ2) is 9.60. The van der Waals surface area contributed by atoms with Gasteiger partial charge in [-0.1, -0.05) is 0 Å². The Labute approximate surface area is 160 Å². The van der Waals surface area contributed by atoms with Crippen LogP contribution < -0.4 is 9.47 Å². The van der Waals surface area contributed by atoms with Gasteiger partial charge in [0.05, 0.1) is 32.8 Å². The molecule has 1 aliphatic heterocycles. The number of carbonyl (C=O) groups is 2. The Bertz CT molecular complexity index is 673. The van der Waals surface area contributed by atoms with Gasteiger partial charge in [-0.25, -0.2) is 0 Å². The molecule has 1 aromatic rings. The molecule has 1 heterocycles. The summed E-state index contributed by atoms with van der Waals surface area (Å²) in [5.74, 6) is 0.153. The highest BCUT2D eigenvalue weighted by Gasteiger charge is 2.33. The molecule has 1 N–H and O–H groups in total. The highest BCUT2D eigenvalue weighted by Crippen LogP contribution is 2.39. The number of rotatable bonds is 9. The van der Waals surface area contributed by atoms with Gasteiger partial charge < -0.3 is 24.2 Å². The third kappa shape index (κ3) is 5.35. The number of carboxylic acids is 1. The van der Waals surface area contributed by atoms with Crippen molar-refractivity contribution < 1.29 is 28.9 Å². The van der Waals surface area contributed by atoms with Crippen LogP contribution in [-0.2, 0) is 20.7 Å². The normalized spacial score (nSPS) is 16.2. The predicted molar refractivity (Wildman–Crippen MR) is 100 cm³/mol. The molecule has 1 aromatic carbocycles. The average Bonchev–Trinajstić information content (AvgIpc) is 2.63. The Kier molecular flexibility index (Phi) is 7.47. The maximum absolute atomic E-state index is 12.7. The molecule has 0 aliphatic carbocycles. The van der Waals surface area contributed by atoms with E-state index in [-0.39, 0.29) is 18.4 Å². The topological polar surface area (TPSA) is 85.3 Å². The first-order valence-corrected chi connectivity index (χ1v) is 9.25. The van der Waals surface area contributed by atoms with Crippen molar-refractivity contribution in [3.05, 3.63) is 23.3 Å². The SMILES string of the molecule is COc1cc2c(cc1OC)C(CC(=O)O)N(C(=O)CCCOC(C)C)CC2. The summed E-state index contributed by atoms with van der Waals surface area (Å²) in [6.45, 7) is 4.91. The van der Waals surface area contributed by atoms with E-state index >= 15 is 0 Å². The van der Waals surface area contributed by atoms with Crippen molar-refractivity contribution in [3.8, 4) is 11.5 Å². The number of amides is 1. The Morgan fingerprint density at radius 1 is 1.22 bits per heavy atom. The molecule has 1 unspecified atom stereocenters. The average molecular weight is 379 g/mol. The summed E-state index contributed by atoms with van der Waals surface area (Å²) in [5.41, 5.74) is 1.80. The summed E-state index contributed by atoms with van der Waals surface area (Å²) in [4.78, 5) is 25.9. The minimum absolute atomic E-state index is 0.0472. The summed E-state index contributed by atoms with van der Waals surface area (Å²) in [6, 6.07) is 3.16. The van der Waals surface area contributed by atoms with Gasteiger partial charge in [0.2, 0.25) is 5.91 Å². The van der Waals surface area contributed by atoms with Gasteiger partial charge in [-0.15, -0.1) is 0 Å². The molecule has 0 spiro atoms. The summed E-state index contributed by atoms with van der Waals surface area (Å²) in [6.07, 6.45) is 1.60. The van der Waals surface area contributed by atoms with E-state index < -0.39 is 12.0 Å². The van der Waals surface area contributed by atoms with E-state index in [1.807, 2.05) is 19.9 Å². The van der Waals surface area contributed by atoms with Gasteiger partial charge in [-0.3, -0.25) is 9.59 Å². The number of methoxy groups -OCH3 is 2. The van der Waals surface area contributed by atoms with E-state index in [9.17, 15) is 14.7 Å². The van der Waals surface area contributed by atoms with Crippen molar-refractivity contribution in [3.63, 3.8) is 0 Å². The smallest absolute Gasteiger partial charge is 0.305 e. The zero-order chi connectivity index (χ0) is 20.0. The highest BCUT2D eigenvalue weighted by atomic mass is 16.5. The number of ether oxygens (including phenoxy) is 3. The zero-order valence-electron chi connectivity index (χ0n) is 16.5. The van der Waals surface area contributed by atoms with E-state index in [1.165, 1.54) is 7.11 Å². The number of hydrogen-bond acceptors (Lipinski definition) is 5. The number of hydrogen-bond donors (Lipinski definition) is 1. The molecule has 27 heavy (non-hydrogen) atoms. The fraction of sp³-hybridized carbons (Fsp3) is 0.600. The van der Waals surface area contributed by atoms with Crippen LogP contribution in [-0.4, -0.2) is 55.4 Å². The van der Waals surface area contributed by atoms with Crippen LogP contribution in [0.3, 0.4) is 0 Å². The number of carbonyl (C=O) groups excluding carboxylic acids is 1. The van der Waals surface area contributed by atoms with Crippen molar-refractivity contribution in [2.45, 2.75) is 51.7 Å². The summed E-state index contributed by atoms with van der Waals surface area (Å²) >= 11 is 0. The second-order valence-electron chi connectivity index (χ2n) is 6.88. The van der Waals surface area contributed by atoms with Crippen LogP contribution in [0.5, 0.6) is 11.5 Å². The van der Waals surface area contributed by atoms with E-state index in [0.717, 1.165) is 11.1 Å². The fourth-order valence-electron chi connectivity index (χ4n) is 3.40. The lowest BCUT2D eigenvalue weighted by atomic mass is 9.89. The number of aliphatic carboxylic acids is 1. The first kappa shape index (κ1) is 21.0. The Balaban J connectivity index is 2.22. The third-order valence-corrected chi connectivity index (χ3v) is 4.68. The maximum atomic E-state index is 12.7. The van der Waals surface area contributed by atoms with E-state index in [1.54, 1.807) is 18.1 Å². The molecular formula is C20H29NO6. The van der Waals surface area contributed by atoms with Gasteiger partial charge >= 0.3 is 5.97 Å². The lowest BCUT2D eigenvalue weighted by Gasteiger charge is -2.37. The van der Waals surface area contributed by atoms with Gasteiger partial charge in [0.15, 0.2) is 11.5 Å². The number of nitrogens with zero attached hydrogens (tertiary/aromatic N) is 1. The first-order chi connectivity index (χ1) is 12.9. The summed E-state index contributed by atoms with van der Waals surface area (Å²) in [5, 5.41) is 9.38. The monoisotopic (exact) mass is 379 g/mol. The molecule has 0 bridgehead atoms. The van der Waals surface area contributed by atoms with Gasteiger partial charge in [0.1, 0.15) is 0 Å². The van der Waals surface area contributed by atoms with Gasteiger partial charge in [0, 0.05) is 19.6 Å². The van der Waals surface area contributed by atoms with Gasteiger partial charge in [-0.2, -0.15) is 0 Å². The molecule has 0 saturated carbocycles. The molecule has 1 atom stereocenters. The predicted octanol–water partition coefficient (Wildman–Crippen LogP) is 2.81. The number of carboxylic acid groups (broad SMARTS) is 1. The van der Waals surface area contributed by atoms with Crippen molar-refractivity contribution in [1.82, 2.24) is 4.90 Å². The standard InChI is InChI=1S/C20H29NO6/c1-13(2)27-9-5-6-19(22)21-8-7-14-10-17(25-3)18(26-4)11-15(14)16(21)12-20(23)24/h10-11,13,16H,5-9,12H2,1-4H3,(H,23,24). The van der Waals surface area contributed by atoms with Crippen molar-refractivity contribution in [1.29, 1.82) is 0 Å². The second-order valence-corrected chi connectivity index (χ2v) is 6.88. The number of benzene rings is 1. The van der Waals surface area contributed by atoms with Crippen LogP contribution in [0, 0.1) is 0 Å². The van der Waals surface area contributed by atoms with E-state index in [2.05, 4.69) is 0 Å². The van der Waals surface area contributed by atoms with E-state index in [0.29, 0.717) is 43.9 Å². The lowest BCUT2D eigenvalue weighted by Crippen LogP contribution is -2.41. The van der Waals surface area contributed by atoms with Crippen LogP contribution in [0.4, 0.5) is 0 Å². The van der Waals surface area contributed by atoms with Gasteiger partial charge in [-0.05, 0) is 49.9 Å². The number of fused-ring (bicyclic) bond motifs is 1. The molecule has 1 aliphatic rings. The van der Waals surface area contributed by atoms with Crippen LogP contribution in [0.15, 0.2) is 12.1 Å². The highest BCUT2D eigenvalue weighted by molar-refractivity contribution is 5.78. The molecular weight excluding hydrogens is 350 g/mol. The van der Waals surface area contributed by atoms with Gasteiger partial charge in [0.25, 0.3) is 0 Å². The molecule has 0 saturated heterocycles. The van der Waals surface area contributed by atoms with Crippen molar-refractivity contribution in [2.75, 3.05) is 27.4 Å². The molecule has 0 fully saturated rings. The van der Waals surface area contributed by atoms with Crippen LogP contribution in [0.25, 0.3) is 0 Å². The minimum Gasteiger partial charge on any atom is -0.493 e. The molecule has 7 nitrogen and oxygen atoms in total. The van der Waals surface area contributed by atoms with Crippen molar-refractivity contribution in [2.24, 2.45) is 0 Å². The minimum atomic E-state index is -0.941. The largest absolute Gasteiger partial charge is 0.493 e. The Hall–Kier alpha value is -2.28. The molecule has 1 amide bonds. The maximum Gasteiger partial charge on any atom is 0.305 e. The molecule has 0 radical (unpaired) electrons. The lowest BCUT2D eigenvalue weighted by molar-refractivity contribution is -0.141. The molecule has 7 heteroatoms. The fourth-order valence-corrected chi connectivity index (χ4v) is 3.40. The van der Waals surface area contributed by atoms with E-state index in [4.69, 9.17) is 14.2 Å². The quantitative estimate of drug-likeness (QED) is 0.664. The van der Waals surface area contributed by atoms with Crippen molar-refractivity contribution >= 4 is 11.9 Å². The zero-order valence-corrected chi connectivity index (χ0v) is 16.5. The summed E-state index contributed by atoms with van der Waals surface area (Å²) < 4.78 is 16.2. The summed E-state index contributed by atoms with van der Waals surface area (Å²) in [7, 11) is 3.10. The third-order valence-electron chi connectivity index (χ3n) is 4.68. The molecule has 2 rings (SSSR count). The Morgan fingerprint density at radius 3 is 2.48 bits per heavy atom. The first-order valence-electron chi connectivity index (χ1n) is 9.25. The van der Waals surface area contributed by atoms with Crippen LogP contribution >= 0.6 is 0 Å².